The van der Waals surface area contributed by atoms with Crippen LogP contribution in [0.5, 0.6) is 0 Å². The van der Waals surface area contributed by atoms with E-state index in [0.29, 0.717) is 6.54 Å². The van der Waals surface area contributed by atoms with Gasteiger partial charge in [0.25, 0.3) is 0 Å². The lowest BCUT2D eigenvalue weighted by molar-refractivity contribution is -0.661. The van der Waals surface area contributed by atoms with Crippen molar-refractivity contribution in [2.24, 2.45) is 0 Å². The number of carbonyl (C=O) groups is 1. The smallest absolute Gasteiger partial charge is 0.361 e. The van der Waals surface area contributed by atoms with E-state index in [1.54, 1.807) is 0 Å². The molecular formula is C10H14Cl2NO2-. The normalized spacial score (nSPS) is 8.33. The van der Waals surface area contributed by atoms with Gasteiger partial charge < -0.3 is 34.9 Å². The van der Waals surface area contributed by atoms with Crippen molar-refractivity contribution in [3.8, 4) is 0 Å². The number of halogens is 2. The van der Waals surface area contributed by atoms with Crippen LogP contribution >= 0.6 is 0 Å². The van der Waals surface area contributed by atoms with Crippen molar-refractivity contribution in [2.75, 3.05) is 13.7 Å². The topological polar surface area (TPSA) is 42.9 Å². The zero-order valence-electron chi connectivity index (χ0n) is 8.45. The zero-order valence-corrected chi connectivity index (χ0v) is 9.96. The van der Waals surface area contributed by atoms with Crippen molar-refractivity contribution in [1.29, 1.82) is 0 Å². The molecule has 0 aliphatic carbocycles. The molecule has 0 saturated heterocycles. The molecule has 1 rings (SSSR count). The molecule has 2 N–H and O–H groups in total. The summed E-state index contributed by atoms with van der Waals surface area (Å²) in [5.41, 5.74) is 1.21. The van der Waals surface area contributed by atoms with E-state index in [9.17, 15) is 4.79 Å². The summed E-state index contributed by atoms with van der Waals surface area (Å²) in [7, 11) is 1.40. The Hall–Kier alpha value is -0.770. The number of hydrogen-bond acceptors (Lipinski definition) is 2. The lowest BCUT2D eigenvalue weighted by Gasteiger charge is -1.99. The van der Waals surface area contributed by atoms with Crippen LogP contribution in [0.1, 0.15) is 5.56 Å². The van der Waals surface area contributed by atoms with Gasteiger partial charge in [-0.25, -0.2) is 4.79 Å². The minimum absolute atomic E-state index is 0. The first-order chi connectivity index (χ1) is 6.33. The highest BCUT2D eigenvalue weighted by atomic mass is 35.5. The lowest BCUT2D eigenvalue weighted by atomic mass is 10.2. The molecular weight excluding hydrogens is 237 g/mol. The molecule has 0 radical (unpaired) electrons. The van der Waals surface area contributed by atoms with Gasteiger partial charge in [0, 0.05) is 5.56 Å². The number of nitrogens with two attached hydrogens (primary N) is 1. The molecule has 3 nitrogen and oxygen atoms in total. The van der Waals surface area contributed by atoms with Crippen molar-refractivity contribution in [3.05, 3.63) is 35.9 Å². The molecule has 0 saturated carbocycles. The standard InChI is InChI=1S/C10H13NO2.2ClH/c1-13-10(12)8-11-7-9-5-3-2-4-6-9;;/h2-6,11H,7-8H2,1H3;2*1H/p-1. The second-order valence-electron chi connectivity index (χ2n) is 2.76. The summed E-state index contributed by atoms with van der Waals surface area (Å²) < 4.78 is 4.52. The summed E-state index contributed by atoms with van der Waals surface area (Å²) in [6.07, 6.45) is 0. The molecule has 0 amide bonds. The highest BCUT2D eigenvalue weighted by Gasteiger charge is 2.01. The van der Waals surface area contributed by atoms with Gasteiger partial charge in [-0.15, -0.1) is 0 Å². The quantitative estimate of drug-likeness (QED) is 0.541. The van der Waals surface area contributed by atoms with Crippen LogP contribution in [0.25, 0.3) is 0 Å². The van der Waals surface area contributed by atoms with Crippen LogP contribution in [0, 0.1) is 0 Å². The molecule has 0 atom stereocenters. The number of hydrogen-bond donors (Lipinski definition) is 1. The fourth-order valence-electron chi connectivity index (χ4n) is 1.05. The highest BCUT2D eigenvalue weighted by Crippen LogP contribution is 1.94. The van der Waals surface area contributed by atoms with Crippen LogP contribution in [0.3, 0.4) is 0 Å². The van der Waals surface area contributed by atoms with Crippen molar-refractivity contribution < 1.29 is 39.7 Å². The van der Waals surface area contributed by atoms with Gasteiger partial charge in [0.15, 0.2) is 6.54 Å². The number of benzene rings is 1. The third kappa shape index (κ3) is 7.19. The Morgan fingerprint density at radius 1 is 1.27 bits per heavy atom. The van der Waals surface area contributed by atoms with E-state index in [0.717, 1.165) is 6.54 Å². The van der Waals surface area contributed by atoms with Gasteiger partial charge >= 0.3 is 5.97 Å². The predicted octanol–water partition coefficient (Wildman–Crippen LogP) is -6.07. The molecule has 0 spiro atoms. The van der Waals surface area contributed by atoms with Gasteiger partial charge in [-0.3, -0.25) is 0 Å². The van der Waals surface area contributed by atoms with Crippen molar-refractivity contribution >= 4 is 5.97 Å². The Bertz CT molecular complexity index is 267. The van der Waals surface area contributed by atoms with E-state index in [1.807, 2.05) is 35.6 Å². The van der Waals surface area contributed by atoms with E-state index in [4.69, 9.17) is 0 Å². The molecule has 0 heterocycles. The average molecular weight is 251 g/mol. The molecule has 15 heavy (non-hydrogen) atoms. The number of esters is 1. The number of carbonyl (C=O) groups excluding carboxylic acids is 1. The maximum atomic E-state index is 10.7. The zero-order chi connectivity index (χ0) is 9.52. The Kier molecular flexibility index (Phi) is 10.8. The van der Waals surface area contributed by atoms with Crippen LogP contribution in [0.2, 0.25) is 0 Å². The maximum absolute atomic E-state index is 10.7. The summed E-state index contributed by atoms with van der Waals surface area (Å²) in [6, 6.07) is 10.0. The van der Waals surface area contributed by atoms with Crippen LogP contribution in [-0.2, 0) is 16.1 Å². The summed E-state index contributed by atoms with van der Waals surface area (Å²) in [5.74, 6) is -0.184. The SMILES string of the molecule is COC(=O)C[NH2+]Cc1ccccc1.[Cl-].[Cl-]. The second kappa shape index (κ2) is 9.77. The minimum Gasteiger partial charge on any atom is -1.00 e. The third-order valence-corrected chi connectivity index (χ3v) is 1.76. The molecule has 5 heteroatoms. The molecule has 0 aliphatic heterocycles. The van der Waals surface area contributed by atoms with Gasteiger partial charge in [0.2, 0.25) is 0 Å². The van der Waals surface area contributed by atoms with E-state index >= 15 is 0 Å². The number of ether oxygens (including phenoxy) is 1. The lowest BCUT2D eigenvalue weighted by Crippen LogP contribution is -3.00. The van der Waals surface area contributed by atoms with Crippen molar-refractivity contribution in [3.63, 3.8) is 0 Å². The van der Waals surface area contributed by atoms with Gasteiger partial charge in [0.05, 0.1) is 7.11 Å². The summed E-state index contributed by atoms with van der Waals surface area (Å²) >= 11 is 0. The summed E-state index contributed by atoms with van der Waals surface area (Å²) in [6.45, 7) is 1.20. The maximum Gasteiger partial charge on any atom is 0.361 e. The van der Waals surface area contributed by atoms with E-state index < -0.39 is 0 Å². The first-order valence-corrected chi connectivity index (χ1v) is 4.25. The van der Waals surface area contributed by atoms with Crippen LogP contribution < -0.4 is 30.1 Å². The molecule has 0 bridgehead atoms. The Balaban J connectivity index is 0. The first kappa shape index (κ1) is 16.7. The van der Waals surface area contributed by atoms with Gasteiger partial charge in [-0.1, -0.05) is 30.3 Å². The average Bonchev–Trinajstić information content (AvgIpc) is 2.19. The van der Waals surface area contributed by atoms with Crippen LogP contribution in [-0.4, -0.2) is 19.6 Å². The third-order valence-electron chi connectivity index (χ3n) is 1.76. The summed E-state index contributed by atoms with van der Waals surface area (Å²) in [5, 5.41) is 1.92. The van der Waals surface area contributed by atoms with Crippen molar-refractivity contribution in [1.82, 2.24) is 0 Å². The van der Waals surface area contributed by atoms with Crippen molar-refractivity contribution in [2.45, 2.75) is 6.54 Å². The van der Waals surface area contributed by atoms with Gasteiger partial charge in [0.1, 0.15) is 6.54 Å². The summed E-state index contributed by atoms with van der Waals surface area (Å²) in [4.78, 5) is 10.7. The minimum atomic E-state index is -0.184. The first-order valence-electron chi connectivity index (χ1n) is 4.25. The monoisotopic (exact) mass is 250 g/mol. The largest absolute Gasteiger partial charge is 1.00 e. The molecule has 1 aromatic carbocycles. The molecule has 0 aliphatic rings. The number of methoxy groups -OCH3 is 1. The predicted molar refractivity (Wildman–Crippen MR) is 49.0 cm³/mol. The molecule has 0 unspecified atom stereocenters. The molecule has 86 valence electrons. The van der Waals surface area contributed by atoms with Gasteiger partial charge in [-0.05, 0) is 0 Å². The Morgan fingerprint density at radius 2 is 1.87 bits per heavy atom. The number of quaternary nitrogens is 1. The fraction of sp³-hybridized carbons (Fsp3) is 0.300. The van der Waals surface area contributed by atoms with Gasteiger partial charge in [-0.2, -0.15) is 0 Å². The van der Waals surface area contributed by atoms with E-state index in [-0.39, 0.29) is 30.8 Å². The molecule has 0 fully saturated rings. The number of rotatable bonds is 4. The Labute approximate surface area is 102 Å². The fourth-order valence-corrected chi connectivity index (χ4v) is 1.05. The van der Waals surface area contributed by atoms with Crippen LogP contribution in [0.15, 0.2) is 30.3 Å². The molecule has 0 aromatic heterocycles. The second-order valence-corrected chi connectivity index (χ2v) is 2.76. The Morgan fingerprint density at radius 3 is 2.40 bits per heavy atom. The highest BCUT2D eigenvalue weighted by molar-refractivity contribution is 5.69. The van der Waals surface area contributed by atoms with E-state index in [1.165, 1.54) is 12.7 Å². The van der Waals surface area contributed by atoms with Crippen LogP contribution in [0.4, 0.5) is 0 Å². The van der Waals surface area contributed by atoms with E-state index in [2.05, 4.69) is 4.74 Å². The molecule has 1 aromatic rings.